The molecule has 1 aliphatic heterocycles. The Kier molecular flexibility index (Phi) is 7.74. The average molecular weight is 420 g/mol. The van der Waals surface area contributed by atoms with Crippen LogP contribution in [0.1, 0.15) is 23.1 Å². The van der Waals surface area contributed by atoms with Crippen molar-refractivity contribution >= 4 is 29.1 Å². The van der Waals surface area contributed by atoms with Gasteiger partial charge in [0.25, 0.3) is 0 Å². The third kappa shape index (κ3) is 6.21. The van der Waals surface area contributed by atoms with Gasteiger partial charge in [-0.05, 0) is 36.2 Å². The van der Waals surface area contributed by atoms with Crippen LogP contribution in [-0.4, -0.2) is 48.9 Å². The van der Waals surface area contributed by atoms with E-state index in [9.17, 15) is 4.79 Å². The summed E-state index contributed by atoms with van der Waals surface area (Å²) in [5.74, 6) is 0.0144. The molecule has 4 nitrogen and oxygen atoms in total. The fourth-order valence-electron chi connectivity index (χ4n) is 3.38. The van der Waals surface area contributed by atoms with Crippen LogP contribution in [0.2, 0.25) is 10.0 Å². The van der Waals surface area contributed by atoms with E-state index in [1.165, 1.54) is 5.56 Å². The maximum Gasteiger partial charge on any atom is 0.220 e. The van der Waals surface area contributed by atoms with E-state index in [1.807, 2.05) is 12.1 Å². The van der Waals surface area contributed by atoms with Crippen LogP contribution < -0.4 is 5.32 Å². The second-order valence-electron chi connectivity index (χ2n) is 7.39. The normalized spacial score (nSPS) is 15.5. The first kappa shape index (κ1) is 21.1. The van der Waals surface area contributed by atoms with Gasteiger partial charge in [-0.2, -0.15) is 0 Å². The van der Waals surface area contributed by atoms with Crippen LogP contribution in [0.3, 0.4) is 0 Å². The zero-order valence-electron chi connectivity index (χ0n) is 16.3. The molecule has 6 heteroatoms. The second kappa shape index (κ2) is 10.3. The second-order valence-corrected chi connectivity index (χ2v) is 8.17. The van der Waals surface area contributed by atoms with Crippen LogP contribution in [-0.2, 0) is 24.3 Å². The summed E-state index contributed by atoms with van der Waals surface area (Å²) in [5, 5.41) is 4.07. The predicted octanol–water partition coefficient (Wildman–Crippen LogP) is 3.99. The highest BCUT2D eigenvalue weighted by Crippen LogP contribution is 2.26. The molecule has 1 N–H and O–H groups in total. The smallest absolute Gasteiger partial charge is 0.220 e. The molecule has 0 bridgehead atoms. The fraction of sp³-hybridized carbons (Fsp3) is 0.409. The van der Waals surface area contributed by atoms with Crippen LogP contribution in [0.25, 0.3) is 0 Å². The topological polar surface area (TPSA) is 35.6 Å². The number of nitrogens with one attached hydrogen (secondary N) is 1. The van der Waals surface area contributed by atoms with Crippen molar-refractivity contribution in [1.82, 2.24) is 15.1 Å². The Morgan fingerprint density at radius 1 is 1.04 bits per heavy atom. The quantitative estimate of drug-likeness (QED) is 0.736. The fourth-order valence-corrected chi connectivity index (χ4v) is 3.80. The number of likely N-dealkylation sites (N-methyl/N-ethyl adjacent to an activating group) is 1. The Morgan fingerprint density at radius 3 is 2.54 bits per heavy atom. The highest BCUT2D eigenvalue weighted by atomic mass is 35.5. The lowest BCUT2D eigenvalue weighted by Gasteiger charge is -2.32. The van der Waals surface area contributed by atoms with Gasteiger partial charge in [-0.25, -0.2) is 0 Å². The zero-order chi connectivity index (χ0) is 19.9. The van der Waals surface area contributed by atoms with Crippen molar-refractivity contribution in [1.29, 1.82) is 0 Å². The van der Waals surface area contributed by atoms with E-state index in [4.69, 9.17) is 23.2 Å². The molecule has 0 spiro atoms. The molecule has 1 fully saturated rings. The summed E-state index contributed by atoms with van der Waals surface area (Å²) in [6, 6.07) is 14.0. The average Bonchev–Trinajstić information content (AvgIpc) is 2.69. The number of nitrogens with zero attached hydrogens (tertiary/aromatic N) is 2. The van der Waals surface area contributed by atoms with Crippen molar-refractivity contribution in [2.45, 2.75) is 25.9 Å². The van der Waals surface area contributed by atoms with Gasteiger partial charge in [0, 0.05) is 45.7 Å². The summed E-state index contributed by atoms with van der Waals surface area (Å²) < 4.78 is 0. The summed E-state index contributed by atoms with van der Waals surface area (Å²) in [6.45, 7) is 5.94. The van der Waals surface area contributed by atoms with Crippen LogP contribution >= 0.6 is 23.2 Å². The molecule has 2 aromatic carbocycles. The lowest BCUT2D eigenvalue weighted by Crippen LogP contribution is -2.43. The molecular formula is C22H27Cl2N3O. The number of halogens is 2. The molecule has 1 aliphatic rings. The number of benzene rings is 2. The summed E-state index contributed by atoms with van der Waals surface area (Å²) >= 11 is 12.2. The third-order valence-corrected chi connectivity index (χ3v) is 5.99. The standard InChI is InChI=1S/C22H27Cl2N3O/c1-26-10-12-27(13-11-26)16-18-5-2-4-17(14-18)15-25-21(28)9-8-19-6-3-7-20(23)22(19)24/h2-7,14H,8-13,15-16H2,1H3,(H,25,28). The van der Waals surface area contributed by atoms with Gasteiger partial charge in [0.05, 0.1) is 10.0 Å². The summed E-state index contributed by atoms with van der Waals surface area (Å²) in [4.78, 5) is 17.1. The third-order valence-electron chi connectivity index (χ3n) is 5.14. The van der Waals surface area contributed by atoms with Gasteiger partial charge in [-0.1, -0.05) is 59.6 Å². The van der Waals surface area contributed by atoms with Gasteiger partial charge in [-0.15, -0.1) is 0 Å². The molecule has 3 rings (SSSR count). The lowest BCUT2D eigenvalue weighted by atomic mass is 10.1. The maximum atomic E-state index is 12.2. The number of hydrogen-bond donors (Lipinski definition) is 1. The van der Waals surface area contributed by atoms with Gasteiger partial charge in [0.2, 0.25) is 5.91 Å². The SMILES string of the molecule is CN1CCN(Cc2cccc(CNC(=O)CCc3cccc(Cl)c3Cl)c2)CC1. The van der Waals surface area contributed by atoms with Crippen molar-refractivity contribution in [3.8, 4) is 0 Å². The van der Waals surface area contributed by atoms with E-state index in [1.54, 1.807) is 6.07 Å². The zero-order valence-corrected chi connectivity index (χ0v) is 17.8. The maximum absolute atomic E-state index is 12.2. The lowest BCUT2D eigenvalue weighted by molar-refractivity contribution is -0.121. The first-order valence-electron chi connectivity index (χ1n) is 9.69. The van der Waals surface area contributed by atoms with E-state index in [0.717, 1.165) is 43.9 Å². The van der Waals surface area contributed by atoms with E-state index in [0.29, 0.717) is 29.4 Å². The largest absolute Gasteiger partial charge is 0.352 e. The van der Waals surface area contributed by atoms with Gasteiger partial charge < -0.3 is 10.2 Å². The Labute approximate surface area is 177 Å². The van der Waals surface area contributed by atoms with Crippen LogP contribution in [0.5, 0.6) is 0 Å². The molecule has 0 aromatic heterocycles. The van der Waals surface area contributed by atoms with Gasteiger partial charge >= 0.3 is 0 Å². The molecule has 1 saturated heterocycles. The van der Waals surface area contributed by atoms with Crippen molar-refractivity contribution in [3.05, 3.63) is 69.2 Å². The number of piperazine rings is 1. The number of carbonyl (C=O) groups is 1. The molecule has 0 unspecified atom stereocenters. The van der Waals surface area contributed by atoms with E-state index in [-0.39, 0.29) is 5.91 Å². The highest BCUT2D eigenvalue weighted by Gasteiger charge is 2.14. The van der Waals surface area contributed by atoms with Gasteiger partial charge in [-0.3, -0.25) is 9.69 Å². The molecule has 2 aromatic rings. The van der Waals surface area contributed by atoms with Crippen LogP contribution in [0.15, 0.2) is 42.5 Å². The molecule has 0 aliphatic carbocycles. The number of carbonyl (C=O) groups excluding carboxylic acids is 1. The number of aryl methyl sites for hydroxylation is 1. The molecule has 1 amide bonds. The van der Waals surface area contributed by atoms with Gasteiger partial charge in [0.15, 0.2) is 0 Å². The van der Waals surface area contributed by atoms with Crippen molar-refractivity contribution in [3.63, 3.8) is 0 Å². The summed E-state index contributed by atoms with van der Waals surface area (Å²) in [5.41, 5.74) is 3.32. The highest BCUT2D eigenvalue weighted by molar-refractivity contribution is 6.42. The van der Waals surface area contributed by atoms with Crippen molar-refractivity contribution in [2.75, 3.05) is 33.2 Å². The van der Waals surface area contributed by atoms with E-state index >= 15 is 0 Å². The van der Waals surface area contributed by atoms with Crippen LogP contribution in [0, 0.1) is 0 Å². The first-order chi connectivity index (χ1) is 13.5. The molecule has 0 radical (unpaired) electrons. The van der Waals surface area contributed by atoms with E-state index < -0.39 is 0 Å². The molecule has 150 valence electrons. The van der Waals surface area contributed by atoms with Crippen molar-refractivity contribution in [2.24, 2.45) is 0 Å². The first-order valence-corrected chi connectivity index (χ1v) is 10.4. The van der Waals surface area contributed by atoms with Crippen molar-refractivity contribution < 1.29 is 4.79 Å². The minimum Gasteiger partial charge on any atom is -0.352 e. The Bertz CT molecular complexity index is 804. The molecule has 0 atom stereocenters. The molecule has 0 saturated carbocycles. The van der Waals surface area contributed by atoms with E-state index in [2.05, 4.69) is 46.4 Å². The summed E-state index contributed by atoms with van der Waals surface area (Å²) in [6.07, 6.45) is 0.968. The predicted molar refractivity (Wildman–Crippen MR) is 116 cm³/mol. The molecule has 1 heterocycles. The minimum atomic E-state index is 0.0144. The Balaban J connectivity index is 1.46. The number of rotatable bonds is 7. The monoisotopic (exact) mass is 419 g/mol. The molecular weight excluding hydrogens is 393 g/mol. The number of amides is 1. The number of hydrogen-bond acceptors (Lipinski definition) is 3. The Hall–Kier alpha value is -1.59. The van der Waals surface area contributed by atoms with Crippen LogP contribution in [0.4, 0.5) is 0 Å². The summed E-state index contributed by atoms with van der Waals surface area (Å²) in [7, 11) is 2.17. The Morgan fingerprint density at radius 2 is 1.75 bits per heavy atom. The molecule has 28 heavy (non-hydrogen) atoms. The minimum absolute atomic E-state index is 0.0144. The van der Waals surface area contributed by atoms with Gasteiger partial charge in [0.1, 0.15) is 0 Å².